The van der Waals surface area contributed by atoms with E-state index in [9.17, 15) is 14.4 Å². The smallest absolute Gasteiger partial charge is 0.338 e. The van der Waals surface area contributed by atoms with Gasteiger partial charge >= 0.3 is 11.7 Å². The van der Waals surface area contributed by atoms with E-state index < -0.39 is 11.2 Å². The second kappa shape index (κ2) is 11.4. The summed E-state index contributed by atoms with van der Waals surface area (Å²) in [4.78, 5) is 47.4. The summed E-state index contributed by atoms with van der Waals surface area (Å²) in [5.74, 6) is 0.0452. The lowest BCUT2D eigenvalue weighted by Gasteiger charge is -2.37. The molecule has 0 bridgehead atoms. The number of carbonyl (C=O) groups excluding carboxylic acids is 2. The van der Waals surface area contributed by atoms with Gasteiger partial charge in [-0.05, 0) is 70.0 Å². The van der Waals surface area contributed by atoms with Crippen LogP contribution >= 0.6 is 0 Å². The van der Waals surface area contributed by atoms with Gasteiger partial charge in [0.15, 0.2) is 0 Å². The van der Waals surface area contributed by atoms with Gasteiger partial charge in [-0.25, -0.2) is 9.59 Å². The van der Waals surface area contributed by atoms with E-state index in [1.54, 1.807) is 35.9 Å². The Morgan fingerprint density at radius 1 is 1.00 bits per heavy atom. The van der Waals surface area contributed by atoms with E-state index in [1.165, 1.54) is 10.1 Å². The topological polar surface area (TPSA) is 143 Å². The number of piperazine rings is 1. The number of benzene rings is 1. The summed E-state index contributed by atoms with van der Waals surface area (Å²) < 4.78 is 1.45. The molecule has 2 fully saturated rings. The van der Waals surface area contributed by atoms with Gasteiger partial charge in [-0.15, -0.1) is 0 Å². The molecule has 200 valence electrons. The van der Waals surface area contributed by atoms with Gasteiger partial charge in [0, 0.05) is 45.0 Å². The van der Waals surface area contributed by atoms with Gasteiger partial charge in [-0.1, -0.05) is 12.1 Å². The lowest BCUT2D eigenvalue weighted by atomic mass is 10.1. The summed E-state index contributed by atoms with van der Waals surface area (Å²) in [6.45, 7) is 8.00. The number of likely N-dealkylation sites (tertiary alicyclic amines) is 1. The number of hydrogen-bond acceptors (Lipinski definition) is 7. The van der Waals surface area contributed by atoms with E-state index in [-0.39, 0.29) is 17.8 Å². The van der Waals surface area contributed by atoms with Crippen molar-refractivity contribution in [3.05, 3.63) is 52.6 Å². The molecule has 0 aliphatic carbocycles. The van der Waals surface area contributed by atoms with Gasteiger partial charge in [-0.3, -0.25) is 14.7 Å². The predicted molar refractivity (Wildman–Crippen MR) is 143 cm³/mol. The van der Waals surface area contributed by atoms with Crippen LogP contribution in [0, 0.1) is 0 Å². The number of nitrogens with one attached hydrogen (secondary N) is 1. The maximum atomic E-state index is 12.7. The molecule has 37 heavy (non-hydrogen) atoms. The van der Waals surface area contributed by atoms with E-state index in [1.807, 2.05) is 24.3 Å². The summed E-state index contributed by atoms with van der Waals surface area (Å²) in [5.41, 5.74) is 12.4. The van der Waals surface area contributed by atoms with Crippen molar-refractivity contribution < 1.29 is 9.59 Å². The molecule has 2 aliphatic rings. The predicted octanol–water partition coefficient (Wildman–Crippen LogP) is 0.612. The van der Waals surface area contributed by atoms with Gasteiger partial charge in [0.2, 0.25) is 5.91 Å². The third-order valence-electron chi connectivity index (χ3n) is 7.01. The minimum Gasteiger partial charge on any atom is -0.338 e. The average molecular weight is 511 g/mol. The van der Waals surface area contributed by atoms with Crippen molar-refractivity contribution in [1.29, 1.82) is 0 Å². The van der Waals surface area contributed by atoms with Crippen LogP contribution in [0.1, 0.15) is 32.3 Å². The molecule has 1 aromatic carbocycles. The molecule has 0 atom stereocenters. The largest absolute Gasteiger partial charge is 0.354 e. The third-order valence-corrected chi connectivity index (χ3v) is 7.01. The Kier molecular flexibility index (Phi) is 8.25. The number of nitrogens with two attached hydrogens (primary N) is 2. The van der Waals surface area contributed by atoms with Crippen LogP contribution < -0.4 is 22.5 Å². The zero-order valence-electron chi connectivity index (χ0n) is 21.7. The zero-order valence-corrected chi connectivity index (χ0v) is 21.7. The Labute approximate surface area is 217 Å². The van der Waals surface area contributed by atoms with Crippen LogP contribution in [-0.2, 0) is 11.2 Å². The van der Waals surface area contributed by atoms with E-state index in [2.05, 4.69) is 15.2 Å². The molecule has 11 nitrogen and oxygen atoms in total. The molecular formula is C26H38N8O3. The number of nitrogens with zero attached hydrogens (tertiary/aromatic N) is 5. The molecule has 2 aliphatic heterocycles. The quantitative estimate of drug-likeness (QED) is 0.517. The van der Waals surface area contributed by atoms with Crippen LogP contribution in [0.25, 0.3) is 5.69 Å². The van der Waals surface area contributed by atoms with Crippen molar-refractivity contribution in [3.8, 4) is 5.69 Å². The van der Waals surface area contributed by atoms with Crippen molar-refractivity contribution >= 4 is 17.8 Å². The first kappa shape index (κ1) is 26.8. The summed E-state index contributed by atoms with van der Waals surface area (Å²) in [6.07, 6.45) is 4.66. The lowest BCUT2D eigenvalue weighted by Crippen LogP contribution is -2.58. The van der Waals surface area contributed by atoms with Crippen molar-refractivity contribution in [3.63, 3.8) is 0 Å². The monoisotopic (exact) mass is 510 g/mol. The summed E-state index contributed by atoms with van der Waals surface area (Å²) >= 11 is 0. The maximum absolute atomic E-state index is 12.7. The van der Waals surface area contributed by atoms with Gasteiger partial charge in [0.1, 0.15) is 5.82 Å². The minimum atomic E-state index is -0.944. The Hall–Kier alpha value is -3.28. The standard InChI is InChI=1S/C26H38N8O3/c1-26(2,28)23(35)32-15-17-33(18-16-32)24(36)29-22-10-14-34(25(37)30-22)21-5-3-19(4-6-21)7-11-31-12-8-20(27)9-13-31/h3-6,10,14,20H,7-9,11-13,15-18,27-28H2,1-2H3,(H,29,30,36,37). The fraction of sp³-hybridized carbons (Fsp3) is 0.538. The average Bonchev–Trinajstić information content (AvgIpc) is 2.88. The number of aromatic nitrogens is 2. The highest BCUT2D eigenvalue weighted by molar-refractivity contribution is 5.89. The highest BCUT2D eigenvalue weighted by Gasteiger charge is 2.31. The molecule has 0 radical (unpaired) electrons. The van der Waals surface area contributed by atoms with Crippen molar-refractivity contribution in [1.82, 2.24) is 24.3 Å². The first-order valence-corrected chi connectivity index (χ1v) is 12.9. The van der Waals surface area contributed by atoms with E-state index >= 15 is 0 Å². The molecule has 2 aromatic rings. The second-order valence-corrected chi connectivity index (χ2v) is 10.5. The van der Waals surface area contributed by atoms with Crippen molar-refractivity contribution in [2.24, 2.45) is 11.5 Å². The zero-order chi connectivity index (χ0) is 26.6. The Morgan fingerprint density at radius 2 is 1.62 bits per heavy atom. The molecule has 1 aromatic heterocycles. The molecule has 2 saturated heterocycles. The van der Waals surface area contributed by atoms with E-state index in [4.69, 9.17) is 11.5 Å². The highest BCUT2D eigenvalue weighted by Crippen LogP contribution is 2.14. The summed E-state index contributed by atoms with van der Waals surface area (Å²) in [5, 5.41) is 2.69. The van der Waals surface area contributed by atoms with Gasteiger partial charge < -0.3 is 26.2 Å². The van der Waals surface area contributed by atoms with E-state index in [0.717, 1.165) is 38.9 Å². The van der Waals surface area contributed by atoms with Crippen molar-refractivity contribution in [2.45, 2.75) is 44.7 Å². The van der Waals surface area contributed by atoms with Gasteiger partial charge in [-0.2, -0.15) is 4.98 Å². The molecule has 0 unspecified atom stereocenters. The lowest BCUT2D eigenvalue weighted by molar-refractivity contribution is -0.137. The van der Waals surface area contributed by atoms with Crippen LogP contribution in [0.5, 0.6) is 0 Å². The van der Waals surface area contributed by atoms with Crippen LogP contribution in [0.4, 0.5) is 10.6 Å². The molecule has 0 spiro atoms. The molecular weight excluding hydrogens is 472 g/mol. The number of hydrogen-bond donors (Lipinski definition) is 3. The molecule has 11 heteroatoms. The SMILES string of the molecule is CC(C)(N)C(=O)N1CCN(C(=O)Nc2ccn(-c3ccc(CCN4CCC(N)CC4)cc3)c(=O)n2)CC1. The van der Waals surface area contributed by atoms with E-state index in [0.29, 0.717) is 37.9 Å². The molecule has 3 heterocycles. The van der Waals surface area contributed by atoms with Gasteiger partial charge in [0.25, 0.3) is 0 Å². The van der Waals surface area contributed by atoms with Gasteiger partial charge in [0.05, 0.1) is 11.2 Å². The van der Waals surface area contributed by atoms with Crippen molar-refractivity contribution in [2.75, 3.05) is 51.1 Å². The number of carbonyl (C=O) groups is 2. The number of amides is 3. The molecule has 4 rings (SSSR count). The normalized spacial score (nSPS) is 17.6. The van der Waals surface area contributed by atoms with Crippen LogP contribution in [0.15, 0.2) is 41.3 Å². The fourth-order valence-electron chi connectivity index (χ4n) is 4.66. The second-order valence-electron chi connectivity index (χ2n) is 10.5. The summed E-state index contributed by atoms with van der Waals surface area (Å²) in [7, 11) is 0. The number of urea groups is 1. The molecule has 0 saturated carbocycles. The molecule has 3 amide bonds. The van der Waals surface area contributed by atoms with Crippen LogP contribution in [0.3, 0.4) is 0 Å². The number of piperidine rings is 1. The Balaban J connectivity index is 1.29. The number of rotatable bonds is 6. The first-order chi connectivity index (χ1) is 17.6. The minimum absolute atomic E-state index is 0.141. The first-order valence-electron chi connectivity index (χ1n) is 12.9. The third kappa shape index (κ3) is 6.94. The Bertz CT molecular complexity index is 1140. The highest BCUT2D eigenvalue weighted by atomic mass is 16.2. The Morgan fingerprint density at radius 3 is 2.22 bits per heavy atom. The fourth-order valence-corrected chi connectivity index (χ4v) is 4.66. The molecule has 5 N–H and O–H groups in total. The summed E-state index contributed by atoms with van der Waals surface area (Å²) in [6, 6.07) is 9.46. The van der Waals surface area contributed by atoms with Crippen LogP contribution in [0.2, 0.25) is 0 Å². The maximum Gasteiger partial charge on any atom is 0.354 e. The number of anilines is 1. The van der Waals surface area contributed by atoms with Crippen LogP contribution in [-0.4, -0.2) is 93.6 Å².